The van der Waals surface area contributed by atoms with Gasteiger partial charge in [-0.15, -0.1) is 0 Å². The van der Waals surface area contributed by atoms with Crippen LogP contribution in [0.2, 0.25) is 0 Å². The minimum atomic E-state index is -0.105. The Hall–Kier alpha value is -2.57. The summed E-state index contributed by atoms with van der Waals surface area (Å²) in [6, 6.07) is 1.82. The number of amides is 1. The number of likely N-dealkylation sites (tertiary alicyclic amines) is 1. The number of nitrogen functional groups attached to an aromatic ring is 1. The van der Waals surface area contributed by atoms with Crippen molar-refractivity contribution in [3.8, 4) is 0 Å². The van der Waals surface area contributed by atoms with Crippen molar-refractivity contribution in [2.75, 3.05) is 18.8 Å². The zero-order valence-corrected chi connectivity index (χ0v) is 10.1. The molecule has 0 bridgehead atoms. The van der Waals surface area contributed by atoms with Gasteiger partial charge in [-0.2, -0.15) is 0 Å². The lowest BCUT2D eigenvalue weighted by molar-refractivity contribution is 0.0592. The van der Waals surface area contributed by atoms with Gasteiger partial charge in [0.15, 0.2) is 0 Å². The fourth-order valence-corrected chi connectivity index (χ4v) is 2.02. The highest BCUT2D eigenvalue weighted by Crippen LogP contribution is 2.26. The average Bonchev–Trinajstić information content (AvgIpc) is 2.38. The highest BCUT2D eigenvalue weighted by molar-refractivity contribution is 5.92. The smallest absolute Gasteiger partial charge is 0.274 e. The molecule has 7 heteroatoms. The topological polar surface area (TPSA) is 97.9 Å². The summed E-state index contributed by atoms with van der Waals surface area (Å²) in [7, 11) is 0. The maximum atomic E-state index is 12.0. The van der Waals surface area contributed by atoms with Crippen LogP contribution in [0.3, 0.4) is 0 Å². The molecule has 3 heterocycles. The molecule has 1 amide bonds. The SMILES string of the molecule is Nc1nccc(C2CN(C(=O)c3cnccn3)C2)n1. The van der Waals surface area contributed by atoms with Crippen molar-refractivity contribution in [3.05, 3.63) is 42.2 Å². The fraction of sp³-hybridized carbons (Fsp3) is 0.250. The summed E-state index contributed by atoms with van der Waals surface area (Å²) in [4.78, 5) is 29.6. The van der Waals surface area contributed by atoms with Crippen molar-refractivity contribution in [2.45, 2.75) is 5.92 Å². The maximum absolute atomic E-state index is 12.0. The second-order valence-electron chi connectivity index (χ2n) is 4.34. The molecule has 1 aliphatic heterocycles. The van der Waals surface area contributed by atoms with E-state index in [0.29, 0.717) is 18.8 Å². The Morgan fingerprint density at radius 2 is 2.11 bits per heavy atom. The minimum Gasteiger partial charge on any atom is -0.368 e. The Morgan fingerprint density at radius 1 is 1.26 bits per heavy atom. The second kappa shape index (κ2) is 4.60. The summed E-state index contributed by atoms with van der Waals surface area (Å²) in [6.07, 6.45) is 6.15. The van der Waals surface area contributed by atoms with Crippen molar-refractivity contribution in [1.29, 1.82) is 0 Å². The fourth-order valence-electron chi connectivity index (χ4n) is 2.02. The molecule has 0 unspecified atom stereocenters. The van der Waals surface area contributed by atoms with Gasteiger partial charge in [0.2, 0.25) is 5.95 Å². The van der Waals surface area contributed by atoms with Gasteiger partial charge in [0, 0.05) is 37.6 Å². The van der Waals surface area contributed by atoms with Crippen LogP contribution < -0.4 is 5.73 Å². The van der Waals surface area contributed by atoms with Crippen LogP contribution in [0.5, 0.6) is 0 Å². The molecule has 0 spiro atoms. The molecule has 2 aromatic heterocycles. The summed E-state index contributed by atoms with van der Waals surface area (Å²) in [5, 5.41) is 0. The van der Waals surface area contributed by atoms with Gasteiger partial charge >= 0.3 is 0 Å². The molecular formula is C12H12N6O. The van der Waals surface area contributed by atoms with Crippen LogP contribution in [-0.4, -0.2) is 43.8 Å². The number of carbonyl (C=O) groups excluding carboxylic acids is 1. The number of hydrogen-bond acceptors (Lipinski definition) is 6. The summed E-state index contributed by atoms with van der Waals surface area (Å²) >= 11 is 0. The Bertz CT molecular complexity index is 596. The Kier molecular flexibility index (Phi) is 2.79. The van der Waals surface area contributed by atoms with E-state index >= 15 is 0 Å². The van der Waals surface area contributed by atoms with Gasteiger partial charge in [-0.25, -0.2) is 15.0 Å². The van der Waals surface area contributed by atoms with Crippen molar-refractivity contribution in [3.63, 3.8) is 0 Å². The summed E-state index contributed by atoms with van der Waals surface area (Å²) in [6.45, 7) is 1.23. The van der Waals surface area contributed by atoms with Crippen molar-refractivity contribution < 1.29 is 4.79 Å². The zero-order chi connectivity index (χ0) is 13.2. The first-order chi connectivity index (χ1) is 9.24. The van der Waals surface area contributed by atoms with Crippen LogP contribution in [0.4, 0.5) is 5.95 Å². The van der Waals surface area contributed by atoms with Crippen LogP contribution in [-0.2, 0) is 0 Å². The lowest BCUT2D eigenvalue weighted by Gasteiger charge is -2.38. The van der Waals surface area contributed by atoms with Crippen molar-refractivity contribution in [2.24, 2.45) is 0 Å². The van der Waals surface area contributed by atoms with Gasteiger partial charge < -0.3 is 10.6 Å². The number of nitrogens with zero attached hydrogens (tertiary/aromatic N) is 5. The molecule has 2 N–H and O–H groups in total. The molecule has 1 fully saturated rings. The van der Waals surface area contributed by atoms with E-state index in [0.717, 1.165) is 5.69 Å². The van der Waals surface area contributed by atoms with E-state index in [1.54, 1.807) is 17.3 Å². The lowest BCUT2D eigenvalue weighted by Crippen LogP contribution is -2.49. The third-order valence-corrected chi connectivity index (χ3v) is 3.07. The minimum absolute atomic E-state index is 0.105. The highest BCUT2D eigenvalue weighted by Gasteiger charge is 2.33. The van der Waals surface area contributed by atoms with Crippen LogP contribution >= 0.6 is 0 Å². The zero-order valence-electron chi connectivity index (χ0n) is 10.1. The Morgan fingerprint density at radius 3 is 2.79 bits per heavy atom. The molecule has 7 nitrogen and oxygen atoms in total. The number of hydrogen-bond donors (Lipinski definition) is 1. The number of aromatic nitrogens is 4. The van der Waals surface area contributed by atoms with Crippen LogP contribution in [0.15, 0.2) is 30.9 Å². The standard InChI is InChI=1S/C12H12N6O/c13-12-16-2-1-9(17-12)8-6-18(7-8)11(19)10-5-14-3-4-15-10/h1-5,8H,6-7H2,(H2,13,16,17). The number of nitrogens with two attached hydrogens (primary N) is 1. The van der Waals surface area contributed by atoms with E-state index in [4.69, 9.17) is 5.73 Å². The van der Waals surface area contributed by atoms with Gasteiger partial charge in [0.25, 0.3) is 5.91 Å². The van der Waals surface area contributed by atoms with Crippen LogP contribution in [0.25, 0.3) is 0 Å². The monoisotopic (exact) mass is 256 g/mol. The van der Waals surface area contributed by atoms with Crippen LogP contribution in [0.1, 0.15) is 22.1 Å². The summed E-state index contributed by atoms with van der Waals surface area (Å²) in [5.74, 6) is 0.369. The number of anilines is 1. The van der Waals surface area contributed by atoms with E-state index in [1.165, 1.54) is 12.4 Å². The maximum Gasteiger partial charge on any atom is 0.274 e. The Balaban J connectivity index is 1.66. The first-order valence-electron chi connectivity index (χ1n) is 5.88. The average molecular weight is 256 g/mol. The summed E-state index contributed by atoms with van der Waals surface area (Å²) < 4.78 is 0. The van der Waals surface area contributed by atoms with Gasteiger partial charge in [-0.05, 0) is 6.07 Å². The second-order valence-corrected chi connectivity index (χ2v) is 4.34. The predicted molar refractivity (Wildman–Crippen MR) is 67.1 cm³/mol. The summed E-state index contributed by atoms with van der Waals surface area (Å²) in [5.41, 5.74) is 6.77. The molecule has 1 aliphatic rings. The molecule has 19 heavy (non-hydrogen) atoms. The molecule has 0 radical (unpaired) electrons. The molecule has 0 aliphatic carbocycles. The molecule has 2 aromatic rings. The number of carbonyl (C=O) groups is 1. The quantitative estimate of drug-likeness (QED) is 0.817. The first kappa shape index (κ1) is 11.5. The van der Waals surface area contributed by atoms with Gasteiger partial charge in [0.1, 0.15) is 5.69 Å². The van der Waals surface area contributed by atoms with Crippen LogP contribution in [0, 0.1) is 0 Å². The third kappa shape index (κ3) is 2.22. The number of rotatable bonds is 2. The molecule has 3 rings (SSSR count). The van der Waals surface area contributed by atoms with E-state index in [-0.39, 0.29) is 17.8 Å². The molecule has 1 saturated heterocycles. The van der Waals surface area contributed by atoms with Gasteiger partial charge in [0.05, 0.1) is 11.9 Å². The van der Waals surface area contributed by atoms with E-state index in [1.807, 2.05) is 6.07 Å². The largest absolute Gasteiger partial charge is 0.368 e. The lowest BCUT2D eigenvalue weighted by atomic mass is 9.95. The normalized spacial score (nSPS) is 15.1. The molecule has 96 valence electrons. The first-order valence-corrected chi connectivity index (χ1v) is 5.88. The Labute approximate surface area is 109 Å². The molecule has 0 saturated carbocycles. The van der Waals surface area contributed by atoms with Gasteiger partial charge in [-0.3, -0.25) is 9.78 Å². The molecule has 0 atom stereocenters. The van der Waals surface area contributed by atoms with Crippen molar-refractivity contribution in [1.82, 2.24) is 24.8 Å². The highest BCUT2D eigenvalue weighted by atomic mass is 16.2. The van der Waals surface area contributed by atoms with Gasteiger partial charge in [-0.1, -0.05) is 0 Å². The van der Waals surface area contributed by atoms with E-state index < -0.39 is 0 Å². The molecule has 0 aromatic carbocycles. The predicted octanol–water partition coefficient (Wildman–Crippen LogP) is 0.0884. The molecular weight excluding hydrogens is 244 g/mol. The third-order valence-electron chi connectivity index (χ3n) is 3.07. The van der Waals surface area contributed by atoms with Crippen molar-refractivity contribution >= 4 is 11.9 Å². The van der Waals surface area contributed by atoms with E-state index in [2.05, 4.69) is 19.9 Å². The van der Waals surface area contributed by atoms with E-state index in [9.17, 15) is 4.79 Å².